The first-order chi connectivity index (χ1) is 20.8. The van der Waals surface area contributed by atoms with Gasteiger partial charge < -0.3 is 20.1 Å². The lowest BCUT2D eigenvalue weighted by Crippen LogP contribution is -2.40. The summed E-state index contributed by atoms with van der Waals surface area (Å²) in [6, 6.07) is 13.6. The monoisotopic (exact) mass is 762 g/mol. The number of anilines is 2. The van der Waals surface area contributed by atoms with Crippen molar-refractivity contribution in [2.24, 2.45) is 11.8 Å². The summed E-state index contributed by atoms with van der Waals surface area (Å²) in [6.07, 6.45) is -3.42. The largest absolute Gasteiger partial charge is 0.436 e. The minimum absolute atomic E-state index is 0.0218. The van der Waals surface area contributed by atoms with Gasteiger partial charge in [-0.05, 0) is 73.2 Å². The van der Waals surface area contributed by atoms with Gasteiger partial charge in [0, 0.05) is 20.3 Å². The van der Waals surface area contributed by atoms with Crippen LogP contribution in [0.2, 0.25) is 0 Å². The zero-order chi connectivity index (χ0) is 32.6. The van der Waals surface area contributed by atoms with Gasteiger partial charge >= 0.3 is 20.4 Å². The fourth-order valence-corrected chi connectivity index (χ4v) is 4.49. The molecule has 242 valence electrons. The third-order valence-corrected chi connectivity index (χ3v) is 7.33. The van der Waals surface area contributed by atoms with Crippen molar-refractivity contribution in [1.82, 2.24) is 10.6 Å². The number of carbonyl (C=O) groups is 4. The molecule has 0 fully saturated rings. The minimum atomic E-state index is -3.14. The molecule has 2 aromatic rings. The second kappa shape index (κ2) is 19.4. The van der Waals surface area contributed by atoms with Gasteiger partial charge in [0.15, 0.2) is 12.2 Å². The summed E-state index contributed by atoms with van der Waals surface area (Å²) >= 11 is 6.62. The number of nitrogens with one attached hydrogen (secondary N) is 4. The first kappa shape index (κ1) is 37.2. The predicted octanol–water partition coefficient (Wildman–Crippen LogP) is 6.41. The third-order valence-electron chi connectivity index (χ3n) is 5.51. The summed E-state index contributed by atoms with van der Waals surface area (Å²) in [5.41, 5.74) is 0.971. The lowest BCUT2D eigenvalue weighted by molar-refractivity contribution is -0.131. The molecule has 0 heterocycles. The van der Waals surface area contributed by atoms with Gasteiger partial charge in [0.2, 0.25) is 0 Å². The van der Waals surface area contributed by atoms with Crippen molar-refractivity contribution in [2.45, 2.75) is 52.7 Å². The molecule has 0 saturated heterocycles. The van der Waals surface area contributed by atoms with E-state index >= 15 is 0 Å². The van der Waals surface area contributed by atoms with Crippen molar-refractivity contribution in [1.29, 1.82) is 0 Å². The molecule has 2 aromatic carbocycles. The summed E-state index contributed by atoms with van der Waals surface area (Å²) < 4.78 is 34.4. The molecule has 16 heteroatoms. The Morgan fingerprint density at radius 1 is 0.659 bits per heavy atom. The highest BCUT2D eigenvalue weighted by atomic mass is 79.9. The Kier molecular flexibility index (Phi) is 16.4. The van der Waals surface area contributed by atoms with Crippen LogP contribution in [0.25, 0.3) is 0 Å². The van der Waals surface area contributed by atoms with Crippen LogP contribution < -0.4 is 21.3 Å². The van der Waals surface area contributed by atoms with Gasteiger partial charge in [0.1, 0.15) is 13.5 Å². The van der Waals surface area contributed by atoms with Crippen LogP contribution >= 0.6 is 40.1 Å². The molecule has 0 unspecified atom stereocenters. The molecule has 2 rings (SSSR count). The highest BCUT2D eigenvalue weighted by Gasteiger charge is 2.26. The van der Waals surface area contributed by atoms with Crippen molar-refractivity contribution >= 4 is 75.5 Å². The Hall–Kier alpha value is -2.97. The second-order valence-electron chi connectivity index (χ2n) is 10.2. The summed E-state index contributed by atoms with van der Waals surface area (Å²) in [6.45, 7) is 6.45. The summed E-state index contributed by atoms with van der Waals surface area (Å²) in [5.74, 6) is -1.26. The van der Waals surface area contributed by atoms with E-state index in [2.05, 4.69) is 53.1 Å². The summed E-state index contributed by atoms with van der Waals surface area (Å²) in [5, 5.41) is 9.90. The van der Waals surface area contributed by atoms with Crippen molar-refractivity contribution < 1.29 is 42.3 Å². The molecule has 4 N–H and O–H groups in total. The predicted molar refractivity (Wildman–Crippen MR) is 172 cm³/mol. The number of amides is 4. The fraction of sp³-hybridized carbons (Fsp3) is 0.429. The van der Waals surface area contributed by atoms with E-state index in [9.17, 15) is 23.7 Å². The lowest BCUT2D eigenvalue weighted by atomic mass is 10.1. The van der Waals surface area contributed by atoms with Crippen LogP contribution in [0.15, 0.2) is 57.5 Å². The summed E-state index contributed by atoms with van der Waals surface area (Å²) in [4.78, 5) is 49.9. The quantitative estimate of drug-likeness (QED) is 0.112. The normalized spacial score (nSPS) is 12.4. The molecule has 0 bridgehead atoms. The van der Waals surface area contributed by atoms with Crippen LogP contribution in [0.4, 0.5) is 21.0 Å². The van der Waals surface area contributed by atoms with Crippen LogP contribution in [0.5, 0.6) is 0 Å². The van der Waals surface area contributed by atoms with Crippen LogP contribution in [-0.4, -0.2) is 49.7 Å². The lowest BCUT2D eigenvalue weighted by Gasteiger charge is -2.20. The van der Waals surface area contributed by atoms with E-state index in [1.54, 1.807) is 48.5 Å². The molecule has 4 amide bonds. The molecular formula is C28H37Br2N4O9P. The highest BCUT2D eigenvalue weighted by Crippen LogP contribution is 2.22. The van der Waals surface area contributed by atoms with Crippen molar-refractivity contribution in [2.75, 3.05) is 24.1 Å². The number of hydrogen-bond donors (Lipinski definition) is 4. The number of rotatable bonds is 16. The summed E-state index contributed by atoms with van der Waals surface area (Å²) in [7, 11) is -3.14. The molecule has 0 aliphatic heterocycles. The first-order valence-corrected chi connectivity index (χ1v) is 16.4. The third kappa shape index (κ3) is 15.2. The Morgan fingerprint density at radius 3 is 1.32 bits per heavy atom. The van der Waals surface area contributed by atoms with Crippen molar-refractivity contribution in [3.05, 3.63) is 57.5 Å². The molecule has 0 aliphatic carbocycles. The van der Waals surface area contributed by atoms with E-state index in [0.717, 1.165) is 8.95 Å². The number of benzene rings is 2. The average molecular weight is 764 g/mol. The molecule has 0 saturated carbocycles. The van der Waals surface area contributed by atoms with Gasteiger partial charge in [-0.3, -0.25) is 33.8 Å². The molecule has 0 aliphatic rings. The van der Waals surface area contributed by atoms with Crippen LogP contribution in [0, 0.1) is 11.8 Å². The zero-order valence-corrected chi connectivity index (χ0v) is 28.9. The Labute approximate surface area is 273 Å². The van der Waals surface area contributed by atoms with E-state index in [1.165, 1.54) is 0 Å². The van der Waals surface area contributed by atoms with Gasteiger partial charge in [0.25, 0.3) is 11.8 Å². The van der Waals surface area contributed by atoms with Crippen molar-refractivity contribution in [3.8, 4) is 0 Å². The zero-order valence-electron chi connectivity index (χ0n) is 24.7. The van der Waals surface area contributed by atoms with Gasteiger partial charge in [-0.2, -0.15) is 0 Å². The number of ether oxygens (including phenoxy) is 2. The average Bonchev–Trinajstić information content (AvgIpc) is 2.94. The molecule has 44 heavy (non-hydrogen) atoms. The standard InChI is InChI=1S/C28H37Br2N4O9P/c1-17(2)13-23(42-27(37)33-21-9-5-19(29)6-10-21)25(35)31-15-40-44(39)41-16-32-26(36)24(14-18(3)4)43-28(38)34-22-11-7-20(30)8-12-22/h5-12,17-18,23-24,44H,13-16H2,1-4H3,(H,31,35)(H,32,36)(H,33,37)(H,34,38)/t23-,24-/m0/s1. The van der Waals surface area contributed by atoms with Crippen LogP contribution in [0.1, 0.15) is 40.5 Å². The topological polar surface area (TPSA) is 170 Å². The first-order valence-electron chi connectivity index (χ1n) is 13.6. The molecular weight excluding hydrogens is 727 g/mol. The highest BCUT2D eigenvalue weighted by molar-refractivity contribution is 9.10. The molecule has 13 nitrogen and oxygen atoms in total. The van der Waals surface area contributed by atoms with E-state index < -0.39 is 57.9 Å². The maximum atomic E-state index is 12.6. The van der Waals surface area contributed by atoms with Gasteiger partial charge in [-0.1, -0.05) is 59.6 Å². The Morgan fingerprint density at radius 2 is 1.00 bits per heavy atom. The minimum Gasteiger partial charge on any atom is -0.436 e. The molecule has 0 spiro atoms. The van der Waals surface area contributed by atoms with Crippen LogP contribution in [0.3, 0.4) is 0 Å². The van der Waals surface area contributed by atoms with Crippen LogP contribution in [-0.2, 0) is 32.7 Å². The van der Waals surface area contributed by atoms with Crippen molar-refractivity contribution in [3.63, 3.8) is 0 Å². The van der Waals surface area contributed by atoms with E-state index in [-0.39, 0.29) is 24.7 Å². The SMILES string of the molecule is CC(C)C[C@H](OC(=O)Nc1ccc(Br)cc1)C(=O)NCO[PH](=O)OCNC(=O)[C@H](CC(C)C)OC(=O)Nc1ccc(Br)cc1. The molecule has 0 aromatic heterocycles. The number of carbonyl (C=O) groups excluding carboxylic acids is 4. The number of hydrogen-bond acceptors (Lipinski definition) is 9. The Balaban J connectivity index is 1.77. The molecule has 2 atom stereocenters. The second-order valence-corrected chi connectivity index (χ2v) is 13.1. The maximum Gasteiger partial charge on any atom is 0.412 e. The van der Waals surface area contributed by atoms with E-state index in [4.69, 9.17) is 18.5 Å². The van der Waals surface area contributed by atoms with E-state index in [1.807, 2.05) is 27.7 Å². The fourth-order valence-electron chi connectivity index (χ4n) is 3.49. The molecule has 0 radical (unpaired) electrons. The van der Waals surface area contributed by atoms with Gasteiger partial charge in [0.05, 0.1) is 0 Å². The smallest absolute Gasteiger partial charge is 0.412 e. The number of halogens is 2. The van der Waals surface area contributed by atoms with Gasteiger partial charge in [-0.25, -0.2) is 9.59 Å². The Bertz CT molecular complexity index is 1170. The van der Waals surface area contributed by atoms with Gasteiger partial charge in [-0.15, -0.1) is 0 Å². The maximum absolute atomic E-state index is 12.6. The van der Waals surface area contributed by atoms with E-state index in [0.29, 0.717) is 11.4 Å².